The molecule has 0 atom stereocenters. The van der Waals surface area contributed by atoms with Crippen molar-refractivity contribution in [2.24, 2.45) is 0 Å². The first-order valence-electron chi connectivity index (χ1n) is 15.5. The molecule has 0 radical (unpaired) electrons. The molecule has 0 aliphatic heterocycles. The Balaban J connectivity index is 1.60. The van der Waals surface area contributed by atoms with E-state index in [1.807, 2.05) is 13.8 Å². The largest absolute Gasteiger partial charge is 0.508 e. The summed E-state index contributed by atoms with van der Waals surface area (Å²) in [5, 5.41) is 65.2. The van der Waals surface area contributed by atoms with Crippen molar-refractivity contribution in [2.45, 2.75) is 38.5 Å². The van der Waals surface area contributed by atoms with Gasteiger partial charge in [-0.05, 0) is 36.4 Å². The maximum absolute atomic E-state index is 14.4. The lowest BCUT2D eigenvalue weighted by Gasteiger charge is -2.22. The van der Waals surface area contributed by atoms with Crippen LogP contribution >= 0.6 is 0 Å². The maximum Gasteiger partial charge on any atom is 0.344 e. The summed E-state index contributed by atoms with van der Waals surface area (Å²) >= 11 is 0. The third kappa shape index (κ3) is 5.40. The summed E-state index contributed by atoms with van der Waals surface area (Å²) in [6.45, 7) is 14.9. The van der Waals surface area contributed by atoms with Gasteiger partial charge in [-0.3, -0.25) is 4.79 Å². The molecule has 0 fully saturated rings. The lowest BCUT2D eigenvalue weighted by molar-refractivity contribution is 0.103. The number of rotatable bonds is 8. The Hall–Kier alpha value is -6.42. The molecular formula is C40H34O10. The summed E-state index contributed by atoms with van der Waals surface area (Å²) in [4.78, 5) is 27.7. The number of carbonyl (C=O) groups is 1. The van der Waals surface area contributed by atoms with Crippen molar-refractivity contribution in [1.82, 2.24) is 0 Å². The van der Waals surface area contributed by atoms with Crippen LogP contribution in [0.5, 0.6) is 34.5 Å². The standard InChI is InChI=1S/C40H34O10/c1-7-39(3,4)26-12-19-11-23(38(48)50-33(19)18-32(26)46)22-14-25(30(44)16-28(22)42)37-35(21-10-9-20(41)13-34(21)49-37)36(47)24-15-27(40(5,6)8-2)31(45)17-29(24)43/h7-18,41-46H,1-2H2,3-6H3. The number of ketones is 1. The number of carbonyl (C=O) groups excluding carboxylic acids is 1. The van der Waals surface area contributed by atoms with Crippen LogP contribution in [0.3, 0.4) is 0 Å². The normalized spacial score (nSPS) is 12.0. The van der Waals surface area contributed by atoms with Gasteiger partial charge in [-0.25, -0.2) is 4.79 Å². The minimum atomic E-state index is -0.864. The van der Waals surface area contributed by atoms with E-state index in [9.17, 15) is 40.2 Å². The minimum absolute atomic E-state index is 0.0599. The van der Waals surface area contributed by atoms with Crippen LogP contribution in [0.4, 0.5) is 0 Å². The van der Waals surface area contributed by atoms with E-state index in [0.717, 1.165) is 12.1 Å². The molecule has 0 spiro atoms. The van der Waals surface area contributed by atoms with Gasteiger partial charge in [0.05, 0.1) is 22.3 Å². The Morgan fingerprint density at radius 2 is 1.24 bits per heavy atom. The zero-order valence-electron chi connectivity index (χ0n) is 27.7. The fourth-order valence-corrected chi connectivity index (χ4v) is 5.97. The van der Waals surface area contributed by atoms with E-state index in [4.69, 9.17) is 8.83 Å². The second-order valence-corrected chi connectivity index (χ2v) is 13.3. The molecule has 2 heterocycles. The Morgan fingerprint density at radius 3 is 1.90 bits per heavy atom. The van der Waals surface area contributed by atoms with Gasteiger partial charge in [0.15, 0.2) is 0 Å². The highest BCUT2D eigenvalue weighted by molar-refractivity contribution is 6.21. The van der Waals surface area contributed by atoms with Crippen molar-refractivity contribution >= 4 is 27.7 Å². The van der Waals surface area contributed by atoms with Crippen molar-refractivity contribution in [3.63, 3.8) is 0 Å². The van der Waals surface area contributed by atoms with E-state index >= 15 is 0 Å². The van der Waals surface area contributed by atoms with Gasteiger partial charge in [0.2, 0.25) is 5.78 Å². The number of phenols is 6. The first kappa shape index (κ1) is 33.5. The second-order valence-electron chi connectivity index (χ2n) is 13.3. The van der Waals surface area contributed by atoms with E-state index in [-0.39, 0.29) is 67.4 Å². The van der Waals surface area contributed by atoms with E-state index in [1.54, 1.807) is 32.1 Å². The van der Waals surface area contributed by atoms with Crippen LogP contribution in [0.2, 0.25) is 0 Å². The SMILES string of the molecule is C=CC(C)(C)c1cc(C(=O)c2c(-c3cc(-c4cc5cc(C(C)(C)C=C)c(O)cc5oc4=O)c(O)cc3O)oc3cc(O)ccc23)c(O)cc1O. The molecule has 0 saturated carbocycles. The Bertz CT molecular complexity index is 2480. The molecule has 6 N–H and O–H groups in total. The number of phenolic OH excluding ortho intramolecular Hbond substituents is 6. The van der Waals surface area contributed by atoms with Gasteiger partial charge in [-0.1, -0.05) is 39.8 Å². The number of hydrogen-bond donors (Lipinski definition) is 6. The summed E-state index contributed by atoms with van der Waals surface area (Å²) in [5.74, 6) is -3.00. The van der Waals surface area contributed by atoms with Crippen LogP contribution < -0.4 is 5.63 Å². The van der Waals surface area contributed by atoms with Crippen LogP contribution in [0, 0.1) is 0 Å². The number of hydrogen-bond acceptors (Lipinski definition) is 10. The van der Waals surface area contributed by atoms with E-state index in [2.05, 4.69) is 13.2 Å². The van der Waals surface area contributed by atoms with Gasteiger partial charge < -0.3 is 39.5 Å². The predicted octanol–water partition coefficient (Wildman–Crippen LogP) is 8.26. The number of benzene rings is 4. The average Bonchev–Trinajstić information content (AvgIpc) is 3.42. The Labute approximate surface area is 285 Å². The molecule has 0 aliphatic rings. The molecule has 6 aromatic rings. The lowest BCUT2D eigenvalue weighted by atomic mass is 9.82. The van der Waals surface area contributed by atoms with Crippen molar-refractivity contribution < 1.29 is 44.3 Å². The van der Waals surface area contributed by atoms with Crippen LogP contribution in [-0.2, 0) is 10.8 Å². The highest BCUT2D eigenvalue weighted by atomic mass is 16.4. The molecule has 50 heavy (non-hydrogen) atoms. The predicted molar refractivity (Wildman–Crippen MR) is 189 cm³/mol. The van der Waals surface area contributed by atoms with E-state index in [0.29, 0.717) is 16.5 Å². The summed E-state index contributed by atoms with van der Waals surface area (Å²) < 4.78 is 11.6. The highest BCUT2D eigenvalue weighted by Gasteiger charge is 2.31. The number of furan rings is 1. The second kappa shape index (κ2) is 11.6. The molecule has 10 heteroatoms. The first-order chi connectivity index (χ1) is 23.5. The third-order valence-electron chi connectivity index (χ3n) is 9.17. The molecule has 0 amide bonds. The summed E-state index contributed by atoms with van der Waals surface area (Å²) in [6.07, 6.45) is 3.25. The lowest BCUT2D eigenvalue weighted by Crippen LogP contribution is -2.15. The van der Waals surface area contributed by atoms with Gasteiger partial charge in [0.1, 0.15) is 51.4 Å². The fraction of sp³-hybridized carbons (Fsp3) is 0.150. The fourth-order valence-electron chi connectivity index (χ4n) is 5.97. The Kier molecular flexibility index (Phi) is 7.78. The molecule has 0 unspecified atom stereocenters. The summed E-state index contributed by atoms with van der Waals surface area (Å²) in [6, 6.07) is 13.1. The van der Waals surface area contributed by atoms with Gasteiger partial charge in [0, 0.05) is 62.6 Å². The van der Waals surface area contributed by atoms with Crippen LogP contribution in [0.15, 0.2) is 99.6 Å². The first-order valence-corrected chi connectivity index (χ1v) is 15.5. The molecule has 6 rings (SSSR count). The van der Waals surface area contributed by atoms with E-state index < -0.39 is 39.5 Å². The van der Waals surface area contributed by atoms with Crippen molar-refractivity contribution in [2.75, 3.05) is 0 Å². The summed E-state index contributed by atoms with van der Waals surface area (Å²) in [5.41, 5.74) is -1.92. The monoisotopic (exact) mass is 674 g/mol. The molecule has 2 aromatic heterocycles. The molecule has 0 bridgehead atoms. The smallest absolute Gasteiger partial charge is 0.344 e. The van der Waals surface area contributed by atoms with E-state index in [1.165, 1.54) is 42.5 Å². The maximum atomic E-state index is 14.4. The molecule has 4 aromatic carbocycles. The van der Waals surface area contributed by atoms with Crippen molar-refractivity contribution in [3.05, 3.63) is 119 Å². The van der Waals surface area contributed by atoms with Gasteiger partial charge >= 0.3 is 5.63 Å². The quantitative estimate of drug-likeness (QED) is 0.0522. The van der Waals surface area contributed by atoms with Gasteiger partial charge in [0.25, 0.3) is 0 Å². The summed E-state index contributed by atoms with van der Waals surface area (Å²) in [7, 11) is 0. The number of fused-ring (bicyclic) bond motifs is 2. The van der Waals surface area contributed by atoms with Gasteiger partial charge in [-0.2, -0.15) is 0 Å². The minimum Gasteiger partial charge on any atom is -0.508 e. The molecular weight excluding hydrogens is 640 g/mol. The molecule has 0 aliphatic carbocycles. The molecule has 254 valence electrons. The number of allylic oxidation sites excluding steroid dienone is 2. The number of aromatic hydroxyl groups is 6. The highest BCUT2D eigenvalue weighted by Crippen LogP contribution is 2.46. The van der Waals surface area contributed by atoms with Crippen molar-refractivity contribution in [1.29, 1.82) is 0 Å². The van der Waals surface area contributed by atoms with Crippen LogP contribution in [0.1, 0.15) is 54.7 Å². The third-order valence-corrected chi connectivity index (χ3v) is 9.17. The zero-order chi connectivity index (χ0) is 36.4. The van der Waals surface area contributed by atoms with Crippen LogP contribution in [-0.4, -0.2) is 36.4 Å². The zero-order valence-corrected chi connectivity index (χ0v) is 27.7. The van der Waals surface area contributed by atoms with Gasteiger partial charge in [-0.15, -0.1) is 13.2 Å². The van der Waals surface area contributed by atoms with Crippen molar-refractivity contribution in [3.8, 4) is 56.9 Å². The average molecular weight is 675 g/mol. The Morgan fingerprint density at radius 1 is 0.640 bits per heavy atom. The molecule has 0 saturated heterocycles. The topological polar surface area (TPSA) is 182 Å². The van der Waals surface area contributed by atoms with Crippen LogP contribution in [0.25, 0.3) is 44.4 Å². The molecule has 10 nitrogen and oxygen atoms in total.